The van der Waals surface area contributed by atoms with Crippen LogP contribution in [0.15, 0.2) is 51.8 Å². The van der Waals surface area contributed by atoms with Crippen LogP contribution in [0.25, 0.3) is 0 Å². The molecule has 0 saturated carbocycles. The van der Waals surface area contributed by atoms with Gasteiger partial charge in [-0.05, 0) is 42.5 Å². The summed E-state index contributed by atoms with van der Waals surface area (Å²) in [6.45, 7) is 0. The van der Waals surface area contributed by atoms with Crippen molar-refractivity contribution in [3.05, 3.63) is 57.5 Å². The second-order valence-electron chi connectivity index (χ2n) is 4.17. The number of aliphatic hydroxyl groups is 1. The molecule has 106 valence electrons. The Morgan fingerprint density at radius 3 is 2.60 bits per heavy atom. The molecule has 0 heterocycles. The molecule has 0 aliphatic carbocycles. The molecular weight excluding hydrogens is 360 g/mol. The number of halogens is 2. The Morgan fingerprint density at radius 1 is 1.25 bits per heavy atom. The van der Waals surface area contributed by atoms with E-state index in [0.717, 1.165) is 9.37 Å². The molecule has 0 amide bonds. The zero-order valence-corrected chi connectivity index (χ0v) is 14.0. The topological polar surface area (TPSA) is 29.5 Å². The summed E-state index contributed by atoms with van der Waals surface area (Å²) < 4.78 is 6.30. The van der Waals surface area contributed by atoms with Gasteiger partial charge in [0.05, 0.1) is 13.2 Å². The van der Waals surface area contributed by atoms with Crippen molar-refractivity contribution in [2.24, 2.45) is 0 Å². The van der Waals surface area contributed by atoms with E-state index in [9.17, 15) is 5.11 Å². The maximum absolute atomic E-state index is 10.3. The summed E-state index contributed by atoms with van der Waals surface area (Å²) in [6.07, 6.45) is -0.628. The van der Waals surface area contributed by atoms with Crippen molar-refractivity contribution in [1.29, 1.82) is 0 Å². The van der Waals surface area contributed by atoms with Gasteiger partial charge in [0, 0.05) is 25.7 Å². The zero-order chi connectivity index (χ0) is 14.5. The van der Waals surface area contributed by atoms with E-state index in [0.29, 0.717) is 22.1 Å². The number of hydrogen-bond acceptors (Lipinski definition) is 3. The second-order valence-corrected chi connectivity index (χ2v) is 6.61. The molecular formula is C15H14BrClO2S. The maximum Gasteiger partial charge on any atom is 0.124 e. The van der Waals surface area contributed by atoms with Crippen LogP contribution in [-0.4, -0.2) is 18.0 Å². The molecule has 0 aliphatic heterocycles. The lowest BCUT2D eigenvalue weighted by Gasteiger charge is -2.15. The zero-order valence-electron chi connectivity index (χ0n) is 10.8. The standard InChI is InChI=1S/C15H14BrClO2S/c1-19-15-7-4-11(17)8-13(15)14(18)9-20-12-5-2-10(16)3-6-12/h2-8,14,18H,9H2,1H3. The van der Waals surface area contributed by atoms with E-state index in [-0.39, 0.29) is 0 Å². The van der Waals surface area contributed by atoms with Gasteiger partial charge in [0.1, 0.15) is 5.75 Å². The average molecular weight is 374 g/mol. The summed E-state index contributed by atoms with van der Waals surface area (Å²) in [7, 11) is 1.58. The molecule has 0 bridgehead atoms. The number of ether oxygens (including phenoxy) is 1. The molecule has 2 nitrogen and oxygen atoms in total. The number of thioether (sulfide) groups is 1. The van der Waals surface area contributed by atoms with Crippen LogP contribution in [0, 0.1) is 0 Å². The van der Waals surface area contributed by atoms with Gasteiger partial charge in [-0.25, -0.2) is 0 Å². The molecule has 1 atom stereocenters. The van der Waals surface area contributed by atoms with Gasteiger partial charge in [-0.1, -0.05) is 27.5 Å². The smallest absolute Gasteiger partial charge is 0.124 e. The molecule has 2 rings (SSSR count). The van der Waals surface area contributed by atoms with Crippen LogP contribution in [0.2, 0.25) is 5.02 Å². The second kappa shape index (κ2) is 7.36. The number of hydrogen-bond donors (Lipinski definition) is 1. The SMILES string of the molecule is COc1ccc(Cl)cc1C(O)CSc1ccc(Br)cc1. The molecule has 5 heteroatoms. The van der Waals surface area contributed by atoms with Crippen LogP contribution < -0.4 is 4.74 Å². The highest BCUT2D eigenvalue weighted by Crippen LogP contribution is 2.32. The molecule has 0 aliphatic rings. The average Bonchev–Trinajstić information content (AvgIpc) is 2.46. The van der Waals surface area contributed by atoms with Gasteiger partial charge in [0.2, 0.25) is 0 Å². The van der Waals surface area contributed by atoms with E-state index < -0.39 is 6.10 Å². The van der Waals surface area contributed by atoms with Crippen molar-refractivity contribution in [1.82, 2.24) is 0 Å². The van der Waals surface area contributed by atoms with Gasteiger partial charge in [0.25, 0.3) is 0 Å². The fourth-order valence-electron chi connectivity index (χ4n) is 1.76. The molecule has 1 unspecified atom stereocenters. The third-order valence-electron chi connectivity index (χ3n) is 2.77. The van der Waals surface area contributed by atoms with E-state index in [1.807, 2.05) is 24.3 Å². The van der Waals surface area contributed by atoms with E-state index in [1.54, 1.807) is 37.1 Å². The third kappa shape index (κ3) is 4.16. The summed E-state index contributed by atoms with van der Waals surface area (Å²) in [5.74, 6) is 1.19. The van der Waals surface area contributed by atoms with Crippen molar-refractivity contribution in [3.63, 3.8) is 0 Å². The summed E-state index contributed by atoms with van der Waals surface area (Å²) in [5, 5.41) is 10.9. The van der Waals surface area contributed by atoms with Gasteiger partial charge in [-0.3, -0.25) is 0 Å². The Balaban J connectivity index is 2.06. The molecule has 0 spiro atoms. The molecule has 0 aromatic heterocycles. The normalized spacial score (nSPS) is 12.2. The van der Waals surface area contributed by atoms with Gasteiger partial charge in [-0.15, -0.1) is 11.8 Å². The Labute approximate surface area is 136 Å². The lowest BCUT2D eigenvalue weighted by molar-refractivity contribution is 0.199. The van der Waals surface area contributed by atoms with Gasteiger partial charge in [0.15, 0.2) is 0 Å². The van der Waals surface area contributed by atoms with Gasteiger partial charge in [-0.2, -0.15) is 0 Å². The molecule has 20 heavy (non-hydrogen) atoms. The Kier molecular flexibility index (Phi) is 5.78. The Morgan fingerprint density at radius 2 is 1.95 bits per heavy atom. The van der Waals surface area contributed by atoms with Crippen molar-refractivity contribution >= 4 is 39.3 Å². The van der Waals surface area contributed by atoms with Crippen LogP contribution >= 0.6 is 39.3 Å². The predicted octanol–water partition coefficient (Wildman–Crippen LogP) is 4.94. The first-order valence-corrected chi connectivity index (χ1v) is 8.15. The fourth-order valence-corrected chi connectivity index (χ4v) is 3.06. The summed E-state index contributed by atoms with van der Waals surface area (Å²) in [5.41, 5.74) is 0.713. The first-order valence-electron chi connectivity index (χ1n) is 6.00. The van der Waals surface area contributed by atoms with E-state index in [4.69, 9.17) is 16.3 Å². The fraction of sp³-hybridized carbons (Fsp3) is 0.200. The van der Waals surface area contributed by atoms with Crippen LogP contribution in [0.1, 0.15) is 11.7 Å². The predicted molar refractivity (Wildman–Crippen MR) is 87.8 cm³/mol. The van der Waals surface area contributed by atoms with Crippen LogP contribution in [-0.2, 0) is 0 Å². The van der Waals surface area contributed by atoms with Crippen molar-refractivity contribution < 1.29 is 9.84 Å². The van der Waals surface area contributed by atoms with E-state index in [2.05, 4.69) is 15.9 Å². The minimum Gasteiger partial charge on any atom is -0.496 e. The molecule has 1 N–H and O–H groups in total. The lowest BCUT2D eigenvalue weighted by Crippen LogP contribution is -2.03. The maximum atomic E-state index is 10.3. The van der Waals surface area contributed by atoms with E-state index in [1.165, 1.54) is 0 Å². The Bertz CT molecular complexity index is 575. The number of rotatable bonds is 5. The van der Waals surface area contributed by atoms with Crippen molar-refractivity contribution in [3.8, 4) is 5.75 Å². The number of benzene rings is 2. The molecule has 2 aromatic carbocycles. The highest BCUT2D eigenvalue weighted by molar-refractivity contribution is 9.10. The summed E-state index contributed by atoms with van der Waals surface area (Å²) in [4.78, 5) is 1.10. The summed E-state index contributed by atoms with van der Waals surface area (Å²) >= 11 is 11.0. The largest absolute Gasteiger partial charge is 0.496 e. The quantitative estimate of drug-likeness (QED) is 0.753. The van der Waals surface area contributed by atoms with Gasteiger partial charge >= 0.3 is 0 Å². The van der Waals surface area contributed by atoms with Crippen LogP contribution in [0.5, 0.6) is 5.75 Å². The minimum atomic E-state index is -0.628. The highest BCUT2D eigenvalue weighted by atomic mass is 79.9. The van der Waals surface area contributed by atoms with Crippen LogP contribution in [0.4, 0.5) is 0 Å². The highest BCUT2D eigenvalue weighted by Gasteiger charge is 2.14. The van der Waals surface area contributed by atoms with Crippen molar-refractivity contribution in [2.45, 2.75) is 11.0 Å². The summed E-state index contributed by atoms with van der Waals surface area (Å²) in [6, 6.07) is 13.2. The monoisotopic (exact) mass is 372 g/mol. The number of methoxy groups -OCH3 is 1. The molecule has 0 radical (unpaired) electrons. The lowest BCUT2D eigenvalue weighted by atomic mass is 10.1. The Hall–Kier alpha value is -0.680. The first kappa shape index (κ1) is 15.7. The van der Waals surface area contributed by atoms with Gasteiger partial charge < -0.3 is 9.84 Å². The minimum absolute atomic E-state index is 0.540. The number of aliphatic hydroxyl groups excluding tert-OH is 1. The van der Waals surface area contributed by atoms with E-state index >= 15 is 0 Å². The van der Waals surface area contributed by atoms with Crippen molar-refractivity contribution in [2.75, 3.05) is 12.9 Å². The first-order chi connectivity index (χ1) is 9.60. The molecule has 2 aromatic rings. The molecule has 0 fully saturated rings. The third-order valence-corrected chi connectivity index (χ3v) is 4.62. The van der Waals surface area contributed by atoms with Crippen LogP contribution in [0.3, 0.4) is 0 Å². The molecule has 0 saturated heterocycles.